The molecular weight excluding hydrogens is 374 g/mol. The van der Waals surface area contributed by atoms with Crippen molar-refractivity contribution in [1.29, 1.82) is 0 Å². The summed E-state index contributed by atoms with van der Waals surface area (Å²) in [5, 5.41) is 0. The summed E-state index contributed by atoms with van der Waals surface area (Å²) in [6.45, 7) is 8.23. The number of unbranched alkanes of at least 4 members (excludes halogenated alkanes) is 6. The number of carbonyl (C=O) groups is 1. The van der Waals surface area contributed by atoms with Crippen molar-refractivity contribution in [2.24, 2.45) is 0 Å². The maximum atomic E-state index is 13.0. The van der Waals surface area contributed by atoms with E-state index in [0.717, 1.165) is 45.8 Å². The number of carbonyl (C=O) groups excluding carboxylic acids is 1. The number of ether oxygens (including phenoxy) is 1. The summed E-state index contributed by atoms with van der Waals surface area (Å²) in [5.74, 6) is 0.300. The van der Waals surface area contributed by atoms with Crippen LogP contribution in [0.25, 0.3) is 0 Å². The van der Waals surface area contributed by atoms with Crippen LogP contribution in [0.1, 0.15) is 63.9 Å². The number of morpholine rings is 1. The molecule has 30 heavy (non-hydrogen) atoms. The molecule has 5 heteroatoms. The average Bonchev–Trinajstić information content (AvgIpc) is 2.77. The normalized spacial score (nSPS) is 14.6. The van der Waals surface area contributed by atoms with Crippen molar-refractivity contribution in [3.63, 3.8) is 0 Å². The Morgan fingerprint density at radius 3 is 2.23 bits per heavy atom. The number of anilines is 1. The SMILES string of the molecule is CCCCCCCCCC(=O)N(CCN1CCOCC1)Cc1ccc(N(C)C)cc1. The van der Waals surface area contributed by atoms with Gasteiger partial charge in [-0.25, -0.2) is 0 Å². The summed E-state index contributed by atoms with van der Waals surface area (Å²) >= 11 is 0. The number of amides is 1. The highest BCUT2D eigenvalue weighted by Gasteiger charge is 2.17. The van der Waals surface area contributed by atoms with Gasteiger partial charge in [-0.05, 0) is 24.1 Å². The predicted octanol–water partition coefficient (Wildman–Crippen LogP) is 4.55. The Morgan fingerprint density at radius 2 is 1.60 bits per heavy atom. The summed E-state index contributed by atoms with van der Waals surface area (Å²) < 4.78 is 5.45. The molecule has 1 amide bonds. The van der Waals surface area contributed by atoms with E-state index in [0.29, 0.717) is 18.9 Å². The largest absolute Gasteiger partial charge is 0.379 e. The van der Waals surface area contributed by atoms with Crippen molar-refractivity contribution >= 4 is 11.6 Å². The fourth-order valence-corrected chi connectivity index (χ4v) is 3.89. The fourth-order valence-electron chi connectivity index (χ4n) is 3.89. The summed E-state index contributed by atoms with van der Waals surface area (Å²) in [7, 11) is 4.10. The van der Waals surface area contributed by atoms with Crippen LogP contribution in [0.5, 0.6) is 0 Å². The number of rotatable bonds is 14. The van der Waals surface area contributed by atoms with Gasteiger partial charge in [-0.3, -0.25) is 9.69 Å². The van der Waals surface area contributed by atoms with Crippen LogP contribution < -0.4 is 4.90 Å². The van der Waals surface area contributed by atoms with E-state index in [4.69, 9.17) is 4.74 Å². The van der Waals surface area contributed by atoms with Gasteiger partial charge in [0.15, 0.2) is 0 Å². The summed E-state index contributed by atoms with van der Waals surface area (Å²) in [4.78, 5) is 19.6. The topological polar surface area (TPSA) is 36.0 Å². The van der Waals surface area contributed by atoms with Gasteiger partial charge in [0.25, 0.3) is 0 Å². The molecule has 0 N–H and O–H groups in total. The third kappa shape index (κ3) is 9.48. The van der Waals surface area contributed by atoms with Gasteiger partial charge in [0.2, 0.25) is 5.91 Å². The molecule has 2 rings (SSSR count). The molecule has 1 aromatic carbocycles. The van der Waals surface area contributed by atoms with Gasteiger partial charge in [0.05, 0.1) is 13.2 Å². The Balaban J connectivity index is 1.84. The predicted molar refractivity (Wildman–Crippen MR) is 126 cm³/mol. The fraction of sp³-hybridized carbons (Fsp3) is 0.720. The first kappa shape index (κ1) is 24.7. The van der Waals surface area contributed by atoms with Gasteiger partial charge in [-0.2, -0.15) is 0 Å². The van der Waals surface area contributed by atoms with E-state index in [-0.39, 0.29) is 0 Å². The van der Waals surface area contributed by atoms with Crippen LogP contribution in [0.2, 0.25) is 0 Å². The molecule has 1 aliphatic heterocycles. The molecule has 170 valence electrons. The molecule has 1 aliphatic rings. The van der Waals surface area contributed by atoms with Gasteiger partial charge in [-0.1, -0.05) is 57.6 Å². The summed E-state index contributed by atoms with van der Waals surface area (Å²) in [6.07, 6.45) is 9.37. The van der Waals surface area contributed by atoms with Crippen LogP contribution in [0.4, 0.5) is 5.69 Å². The molecule has 0 aromatic heterocycles. The minimum atomic E-state index is 0.300. The van der Waals surface area contributed by atoms with Gasteiger partial charge in [0.1, 0.15) is 0 Å². The summed E-state index contributed by atoms with van der Waals surface area (Å²) in [6, 6.07) is 8.57. The molecule has 0 atom stereocenters. The molecular formula is C25H43N3O2. The van der Waals surface area contributed by atoms with Crippen molar-refractivity contribution in [1.82, 2.24) is 9.80 Å². The highest BCUT2D eigenvalue weighted by Crippen LogP contribution is 2.16. The Hall–Kier alpha value is -1.59. The van der Waals surface area contributed by atoms with Crippen LogP contribution in [0.15, 0.2) is 24.3 Å². The van der Waals surface area contributed by atoms with Gasteiger partial charge in [-0.15, -0.1) is 0 Å². The Bertz CT molecular complexity index is 583. The second kappa shape index (κ2) is 14.4. The number of hydrogen-bond acceptors (Lipinski definition) is 4. The number of hydrogen-bond donors (Lipinski definition) is 0. The van der Waals surface area contributed by atoms with Crippen molar-refractivity contribution in [2.45, 2.75) is 64.8 Å². The van der Waals surface area contributed by atoms with Crippen LogP contribution in [-0.2, 0) is 16.1 Å². The van der Waals surface area contributed by atoms with Crippen molar-refractivity contribution in [2.75, 3.05) is 58.4 Å². The minimum Gasteiger partial charge on any atom is -0.379 e. The van der Waals surface area contributed by atoms with Gasteiger partial charge >= 0.3 is 0 Å². The van der Waals surface area contributed by atoms with Crippen LogP contribution >= 0.6 is 0 Å². The molecule has 1 aromatic rings. The maximum absolute atomic E-state index is 13.0. The van der Waals surface area contributed by atoms with E-state index >= 15 is 0 Å². The quantitative estimate of drug-likeness (QED) is 0.416. The number of benzene rings is 1. The van der Waals surface area contributed by atoms with Crippen LogP contribution in [0, 0.1) is 0 Å². The second-order valence-electron chi connectivity index (χ2n) is 8.70. The lowest BCUT2D eigenvalue weighted by Crippen LogP contribution is -2.42. The van der Waals surface area contributed by atoms with E-state index in [9.17, 15) is 4.79 Å². The molecule has 0 aliphatic carbocycles. The highest BCUT2D eigenvalue weighted by molar-refractivity contribution is 5.76. The molecule has 0 radical (unpaired) electrons. The number of nitrogens with zero attached hydrogens (tertiary/aromatic N) is 3. The average molecular weight is 418 g/mol. The van der Waals surface area contributed by atoms with Crippen LogP contribution in [0.3, 0.4) is 0 Å². The monoisotopic (exact) mass is 417 g/mol. The van der Waals surface area contributed by atoms with E-state index in [2.05, 4.69) is 60.0 Å². The van der Waals surface area contributed by atoms with E-state index in [1.807, 2.05) is 0 Å². The second-order valence-corrected chi connectivity index (χ2v) is 8.70. The van der Waals surface area contributed by atoms with Crippen molar-refractivity contribution in [3.8, 4) is 0 Å². The van der Waals surface area contributed by atoms with Crippen molar-refractivity contribution < 1.29 is 9.53 Å². The zero-order valence-electron chi connectivity index (χ0n) is 19.6. The molecule has 1 fully saturated rings. The lowest BCUT2D eigenvalue weighted by atomic mass is 10.1. The Kier molecular flexibility index (Phi) is 11.9. The first-order chi connectivity index (χ1) is 14.6. The van der Waals surface area contributed by atoms with Gasteiger partial charge in [0, 0.05) is 58.9 Å². The molecule has 0 bridgehead atoms. The Labute approximate surface area is 184 Å². The van der Waals surface area contributed by atoms with E-state index in [1.165, 1.54) is 49.8 Å². The lowest BCUT2D eigenvalue weighted by molar-refractivity contribution is -0.132. The first-order valence-corrected chi connectivity index (χ1v) is 11.9. The third-order valence-electron chi connectivity index (χ3n) is 5.96. The molecule has 5 nitrogen and oxygen atoms in total. The highest BCUT2D eigenvalue weighted by atomic mass is 16.5. The molecule has 0 unspecified atom stereocenters. The van der Waals surface area contributed by atoms with E-state index < -0.39 is 0 Å². The molecule has 0 spiro atoms. The smallest absolute Gasteiger partial charge is 0.222 e. The van der Waals surface area contributed by atoms with Crippen molar-refractivity contribution in [3.05, 3.63) is 29.8 Å². The molecule has 1 saturated heterocycles. The zero-order valence-corrected chi connectivity index (χ0v) is 19.6. The molecule has 0 saturated carbocycles. The summed E-state index contributed by atoms with van der Waals surface area (Å²) in [5.41, 5.74) is 2.39. The van der Waals surface area contributed by atoms with Crippen LogP contribution in [-0.4, -0.2) is 69.2 Å². The lowest BCUT2D eigenvalue weighted by Gasteiger charge is -2.30. The third-order valence-corrected chi connectivity index (χ3v) is 5.96. The zero-order chi connectivity index (χ0) is 21.6. The van der Waals surface area contributed by atoms with Gasteiger partial charge < -0.3 is 14.5 Å². The molecule has 1 heterocycles. The first-order valence-electron chi connectivity index (χ1n) is 11.9. The Morgan fingerprint density at radius 1 is 0.967 bits per heavy atom. The standard InChI is InChI=1S/C25H43N3O2/c1-4-5-6-7-8-9-10-11-25(29)28(17-16-27-18-20-30-21-19-27)22-23-12-14-24(15-13-23)26(2)3/h12-15H,4-11,16-22H2,1-3H3. The maximum Gasteiger partial charge on any atom is 0.222 e. The minimum absolute atomic E-state index is 0.300. The van der Waals surface area contributed by atoms with E-state index in [1.54, 1.807) is 0 Å².